The monoisotopic (exact) mass is 800 g/mol. The van der Waals surface area contributed by atoms with E-state index in [0.717, 1.165) is 22.3 Å². The third-order valence-corrected chi connectivity index (χ3v) is 11.0. The van der Waals surface area contributed by atoms with Gasteiger partial charge in [-0.1, -0.05) is 121 Å². The number of carbonyl (C=O) groups is 2. The van der Waals surface area contributed by atoms with E-state index in [1.54, 1.807) is 0 Å². The molecular weight excluding hydrogens is 752 g/mol. The van der Waals surface area contributed by atoms with E-state index >= 15 is 0 Å². The van der Waals surface area contributed by atoms with E-state index in [4.69, 9.17) is 28.4 Å². The molecule has 7 rings (SSSR count). The number of Topliss-reactive ketones (excluding diaryl/α,β-unsaturated/α-hetero) is 1. The summed E-state index contributed by atoms with van der Waals surface area (Å²) >= 11 is 0. The molecule has 6 N–H and O–H groups in total. The number of esters is 1. The first-order valence-corrected chi connectivity index (χ1v) is 19.2. The van der Waals surface area contributed by atoms with Crippen LogP contribution in [0.1, 0.15) is 28.7 Å². The zero-order chi connectivity index (χ0) is 40.8. The Morgan fingerprint density at radius 3 is 1.40 bits per heavy atom. The lowest BCUT2D eigenvalue weighted by atomic mass is 9.68. The molecule has 3 aliphatic rings. The predicted octanol–water partition coefficient (Wildman–Crippen LogP) is 1.73. The lowest BCUT2D eigenvalue weighted by Crippen LogP contribution is -2.77. The molecule has 0 radical (unpaired) electrons. The van der Waals surface area contributed by atoms with Gasteiger partial charge in [0.05, 0.1) is 38.4 Å². The highest BCUT2D eigenvalue weighted by Crippen LogP contribution is 2.42. The summed E-state index contributed by atoms with van der Waals surface area (Å²) in [4.78, 5) is 27.8. The fraction of sp³-hybridized carbons (Fsp3) is 0.409. The van der Waals surface area contributed by atoms with Crippen LogP contribution in [-0.2, 0) is 64.4 Å². The molecule has 4 aromatic carbocycles. The van der Waals surface area contributed by atoms with Crippen LogP contribution in [0, 0.1) is 5.92 Å². The van der Waals surface area contributed by atoms with Crippen molar-refractivity contribution in [2.45, 2.75) is 106 Å². The second-order valence-corrected chi connectivity index (χ2v) is 14.8. The molecule has 1 spiro atoms. The smallest absolute Gasteiger partial charge is 0.313 e. The molecule has 58 heavy (non-hydrogen) atoms. The van der Waals surface area contributed by atoms with Crippen molar-refractivity contribution in [3.8, 4) is 0 Å². The van der Waals surface area contributed by atoms with Gasteiger partial charge in [0.25, 0.3) is 0 Å². The van der Waals surface area contributed by atoms with Gasteiger partial charge in [0.1, 0.15) is 54.9 Å². The van der Waals surface area contributed by atoms with Crippen molar-refractivity contribution in [1.29, 1.82) is 0 Å². The summed E-state index contributed by atoms with van der Waals surface area (Å²) in [5.41, 5.74) is 0.432. The van der Waals surface area contributed by atoms with Crippen molar-refractivity contribution in [3.05, 3.63) is 144 Å². The number of aliphatic hydroxyl groups excluding tert-OH is 6. The van der Waals surface area contributed by atoms with Gasteiger partial charge in [-0.25, -0.2) is 0 Å². The fourth-order valence-electron chi connectivity index (χ4n) is 7.79. The fourth-order valence-corrected chi connectivity index (χ4v) is 7.79. The minimum absolute atomic E-state index is 0.0118. The van der Waals surface area contributed by atoms with Gasteiger partial charge in [-0.2, -0.15) is 0 Å². The van der Waals surface area contributed by atoms with E-state index < -0.39 is 97.0 Å². The Kier molecular flexibility index (Phi) is 13.4. The van der Waals surface area contributed by atoms with Crippen LogP contribution in [0.3, 0.4) is 0 Å². The average Bonchev–Trinajstić information content (AvgIpc) is 3.26. The summed E-state index contributed by atoms with van der Waals surface area (Å²) in [5.74, 6) is -3.99. The third-order valence-electron chi connectivity index (χ3n) is 11.0. The Bertz CT molecular complexity index is 1900. The van der Waals surface area contributed by atoms with Crippen molar-refractivity contribution in [3.63, 3.8) is 0 Å². The second kappa shape index (κ2) is 18.7. The topological polar surface area (TPSA) is 211 Å². The molecule has 14 heteroatoms. The Balaban J connectivity index is 1.25. The molecule has 0 amide bonds. The number of ether oxygens (including phenoxy) is 6. The minimum Gasteiger partial charge on any atom is -0.445 e. The third kappa shape index (κ3) is 8.78. The molecule has 2 heterocycles. The predicted molar refractivity (Wildman–Crippen MR) is 203 cm³/mol. The van der Waals surface area contributed by atoms with Crippen LogP contribution >= 0.6 is 0 Å². The van der Waals surface area contributed by atoms with E-state index in [-0.39, 0.29) is 26.4 Å². The molecule has 0 aromatic heterocycles. The van der Waals surface area contributed by atoms with E-state index in [2.05, 4.69) is 0 Å². The number of ketones is 1. The maximum absolute atomic E-state index is 13.9. The molecule has 0 bridgehead atoms. The van der Waals surface area contributed by atoms with Gasteiger partial charge in [-0.3, -0.25) is 9.59 Å². The Morgan fingerprint density at radius 1 is 0.552 bits per heavy atom. The van der Waals surface area contributed by atoms with Gasteiger partial charge in [-0.15, -0.1) is 0 Å². The Hall–Kier alpha value is -4.42. The van der Waals surface area contributed by atoms with Gasteiger partial charge in [0.2, 0.25) is 5.60 Å². The van der Waals surface area contributed by atoms with Gasteiger partial charge < -0.3 is 59.1 Å². The van der Waals surface area contributed by atoms with Gasteiger partial charge in [0.15, 0.2) is 12.1 Å². The van der Waals surface area contributed by atoms with E-state index in [9.17, 15) is 40.2 Å². The molecule has 1 saturated carbocycles. The number of benzene rings is 4. The normalized spacial score (nSPS) is 33.1. The summed E-state index contributed by atoms with van der Waals surface area (Å²) in [5, 5.41) is 65.1. The van der Waals surface area contributed by atoms with Gasteiger partial charge >= 0.3 is 5.97 Å². The van der Waals surface area contributed by atoms with E-state index in [0.29, 0.717) is 0 Å². The number of hydrogen-bond donors (Lipinski definition) is 6. The number of aliphatic hydroxyl groups is 6. The lowest BCUT2D eigenvalue weighted by molar-refractivity contribution is -0.340. The highest BCUT2D eigenvalue weighted by Gasteiger charge is 2.68. The van der Waals surface area contributed by atoms with Gasteiger partial charge in [0, 0.05) is 6.42 Å². The van der Waals surface area contributed by atoms with Crippen molar-refractivity contribution < 1.29 is 68.6 Å². The first-order chi connectivity index (χ1) is 28.1. The highest BCUT2D eigenvalue weighted by atomic mass is 16.7. The standard InChI is InChI=1S/C44H48O14/c45-31-21-30(42(52)58-44(31)40(50)34(48)33(47)35(49)41(44)51)32(46)36-37(53-22-26-13-5-1-6-14-26)38(54-23-27-15-7-2-8-16-27)39(55-24-28-17-9-3-10-18-28)43(57-36)56-25-29-19-11-4-12-20-29/h1-20,30,32-41,43,46-51H,21-25H2/t30?,32?,33-,34-,35+,36-,37-,38+,39-,40+,41-,43-,44-/m1/s1. The highest BCUT2D eigenvalue weighted by molar-refractivity contribution is 5.97. The first kappa shape index (κ1) is 41.7. The van der Waals surface area contributed by atoms with Crippen molar-refractivity contribution >= 4 is 11.8 Å². The molecule has 1 aliphatic carbocycles. The zero-order valence-electron chi connectivity index (χ0n) is 31.5. The van der Waals surface area contributed by atoms with Crippen LogP contribution in [-0.4, -0.2) is 115 Å². The number of carbonyl (C=O) groups excluding carboxylic acids is 2. The van der Waals surface area contributed by atoms with Gasteiger partial charge in [-0.05, 0) is 22.3 Å². The molecule has 13 atom stereocenters. The maximum Gasteiger partial charge on any atom is 0.313 e. The molecule has 3 fully saturated rings. The largest absolute Gasteiger partial charge is 0.445 e. The molecule has 2 saturated heterocycles. The first-order valence-electron chi connectivity index (χ1n) is 19.2. The van der Waals surface area contributed by atoms with E-state index in [1.807, 2.05) is 121 Å². The second-order valence-electron chi connectivity index (χ2n) is 14.8. The molecule has 2 aliphatic heterocycles. The van der Waals surface area contributed by atoms with Crippen LogP contribution in [0.4, 0.5) is 0 Å². The van der Waals surface area contributed by atoms with Crippen LogP contribution < -0.4 is 0 Å². The number of hydrogen-bond acceptors (Lipinski definition) is 14. The average molecular weight is 801 g/mol. The Morgan fingerprint density at radius 2 is 0.948 bits per heavy atom. The summed E-state index contributed by atoms with van der Waals surface area (Å²) in [6, 6.07) is 37.3. The molecule has 308 valence electrons. The molecular formula is C44H48O14. The lowest BCUT2D eigenvalue weighted by Gasteiger charge is -2.52. The summed E-state index contributed by atoms with van der Waals surface area (Å²) in [6.07, 6.45) is -19.5. The molecule has 14 nitrogen and oxygen atoms in total. The summed E-state index contributed by atoms with van der Waals surface area (Å²) in [6.45, 7) is 0.262. The van der Waals surface area contributed by atoms with Crippen molar-refractivity contribution in [2.24, 2.45) is 5.92 Å². The van der Waals surface area contributed by atoms with Crippen LogP contribution in [0.2, 0.25) is 0 Å². The van der Waals surface area contributed by atoms with Crippen LogP contribution in [0.15, 0.2) is 121 Å². The zero-order valence-corrected chi connectivity index (χ0v) is 31.5. The van der Waals surface area contributed by atoms with Crippen molar-refractivity contribution in [1.82, 2.24) is 0 Å². The van der Waals surface area contributed by atoms with E-state index in [1.165, 1.54) is 0 Å². The molecule has 2 unspecified atom stereocenters. The summed E-state index contributed by atoms with van der Waals surface area (Å²) < 4.78 is 38.3. The Labute approximate surface area is 335 Å². The quantitative estimate of drug-likeness (QED) is 0.100. The summed E-state index contributed by atoms with van der Waals surface area (Å²) in [7, 11) is 0. The SMILES string of the molecule is O=C1O[C@@]2(C(=O)CC1C(O)[C@H]1O[C@@H](OCc3ccccc3)[C@H](OCc3ccccc3)[C@@H](OCc3ccccc3)[C@@H]1OCc1ccccc1)[C@H](O)[C@@H](O)[C@H](O)[C@@H](O)[C@@H]2O. The number of rotatable bonds is 14. The van der Waals surface area contributed by atoms with Crippen LogP contribution in [0.25, 0.3) is 0 Å². The maximum atomic E-state index is 13.9. The van der Waals surface area contributed by atoms with Crippen molar-refractivity contribution in [2.75, 3.05) is 0 Å². The minimum atomic E-state index is -2.82. The molecule has 4 aromatic rings. The van der Waals surface area contributed by atoms with Crippen LogP contribution in [0.5, 0.6) is 0 Å².